The Morgan fingerprint density at radius 3 is 2.27 bits per heavy atom. The molecule has 84 valence electrons. The van der Waals surface area contributed by atoms with Gasteiger partial charge < -0.3 is 15.2 Å². The van der Waals surface area contributed by atoms with E-state index in [0.717, 1.165) is 28.0 Å². The molecule has 15 heavy (non-hydrogen) atoms. The molecule has 0 amide bonds. The van der Waals surface area contributed by atoms with Crippen molar-refractivity contribution in [3.05, 3.63) is 22.2 Å². The SMILES string of the molecule is COc1cc(Br)c(C[C@@H](C)N)cc1OC. The highest BCUT2D eigenvalue weighted by molar-refractivity contribution is 9.10. The lowest BCUT2D eigenvalue weighted by Gasteiger charge is -2.13. The molecule has 0 bridgehead atoms. The predicted octanol–water partition coefficient (Wildman–Crippen LogP) is 2.36. The Hall–Kier alpha value is -0.740. The Kier molecular flexibility index (Phi) is 4.42. The fourth-order valence-corrected chi connectivity index (χ4v) is 1.88. The second kappa shape index (κ2) is 5.37. The van der Waals surface area contributed by atoms with Crippen molar-refractivity contribution < 1.29 is 9.47 Å². The highest BCUT2D eigenvalue weighted by Crippen LogP contribution is 2.33. The van der Waals surface area contributed by atoms with Crippen molar-refractivity contribution in [1.82, 2.24) is 0 Å². The molecule has 0 spiro atoms. The molecule has 0 fully saturated rings. The molecule has 3 nitrogen and oxygen atoms in total. The minimum atomic E-state index is 0.124. The highest BCUT2D eigenvalue weighted by atomic mass is 79.9. The van der Waals surface area contributed by atoms with Gasteiger partial charge in [-0.2, -0.15) is 0 Å². The van der Waals surface area contributed by atoms with Crippen LogP contribution in [-0.2, 0) is 6.42 Å². The van der Waals surface area contributed by atoms with E-state index < -0.39 is 0 Å². The summed E-state index contributed by atoms with van der Waals surface area (Å²) in [7, 11) is 3.25. The third-order valence-electron chi connectivity index (χ3n) is 2.09. The van der Waals surface area contributed by atoms with E-state index in [9.17, 15) is 0 Å². The molecule has 0 saturated heterocycles. The zero-order valence-corrected chi connectivity index (χ0v) is 10.8. The van der Waals surface area contributed by atoms with Crippen LogP contribution in [0.25, 0.3) is 0 Å². The van der Waals surface area contributed by atoms with Gasteiger partial charge in [-0.3, -0.25) is 0 Å². The molecular formula is C11H16BrNO2. The molecule has 0 aliphatic rings. The average molecular weight is 274 g/mol. The number of methoxy groups -OCH3 is 2. The van der Waals surface area contributed by atoms with Gasteiger partial charge in [0.05, 0.1) is 14.2 Å². The lowest BCUT2D eigenvalue weighted by molar-refractivity contribution is 0.354. The summed E-state index contributed by atoms with van der Waals surface area (Å²) in [5, 5.41) is 0. The van der Waals surface area contributed by atoms with Crippen LogP contribution in [0.3, 0.4) is 0 Å². The molecule has 1 aromatic rings. The summed E-state index contributed by atoms with van der Waals surface area (Å²) < 4.78 is 11.4. The lowest BCUT2D eigenvalue weighted by atomic mass is 10.1. The van der Waals surface area contributed by atoms with Crippen molar-refractivity contribution in [3.63, 3.8) is 0 Å². The molecule has 1 rings (SSSR count). The van der Waals surface area contributed by atoms with E-state index in [-0.39, 0.29) is 6.04 Å². The van der Waals surface area contributed by atoms with E-state index >= 15 is 0 Å². The van der Waals surface area contributed by atoms with E-state index in [2.05, 4.69) is 15.9 Å². The first-order valence-corrected chi connectivity index (χ1v) is 5.53. The van der Waals surface area contributed by atoms with Crippen LogP contribution in [0.4, 0.5) is 0 Å². The van der Waals surface area contributed by atoms with Gasteiger partial charge in [0.2, 0.25) is 0 Å². The highest BCUT2D eigenvalue weighted by Gasteiger charge is 2.10. The molecule has 0 unspecified atom stereocenters. The van der Waals surface area contributed by atoms with Crippen molar-refractivity contribution in [2.75, 3.05) is 14.2 Å². The average Bonchev–Trinajstić information content (AvgIpc) is 2.19. The predicted molar refractivity (Wildman–Crippen MR) is 64.6 cm³/mol. The topological polar surface area (TPSA) is 44.5 Å². The van der Waals surface area contributed by atoms with Crippen molar-refractivity contribution in [3.8, 4) is 11.5 Å². The van der Waals surface area contributed by atoms with Crippen LogP contribution in [0.1, 0.15) is 12.5 Å². The number of nitrogens with two attached hydrogens (primary N) is 1. The van der Waals surface area contributed by atoms with Crippen LogP contribution in [-0.4, -0.2) is 20.3 Å². The monoisotopic (exact) mass is 273 g/mol. The quantitative estimate of drug-likeness (QED) is 0.916. The first-order chi connectivity index (χ1) is 7.08. The Morgan fingerprint density at radius 2 is 1.80 bits per heavy atom. The van der Waals surface area contributed by atoms with E-state index in [1.807, 2.05) is 19.1 Å². The molecule has 0 aliphatic carbocycles. The molecule has 1 atom stereocenters. The fraction of sp³-hybridized carbons (Fsp3) is 0.455. The maximum atomic E-state index is 5.76. The standard InChI is InChI=1S/C11H16BrNO2/c1-7(13)4-8-5-10(14-2)11(15-3)6-9(8)12/h5-7H,4,13H2,1-3H3/t7-/m1/s1. The minimum Gasteiger partial charge on any atom is -0.493 e. The molecule has 0 aliphatic heterocycles. The zero-order valence-electron chi connectivity index (χ0n) is 9.21. The summed E-state index contributed by atoms with van der Waals surface area (Å²) in [6.07, 6.45) is 0.806. The van der Waals surface area contributed by atoms with E-state index in [0.29, 0.717) is 0 Å². The smallest absolute Gasteiger partial charge is 0.161 e. The summed E-state index contributed by atoms with van der Waals surface area (Å²) in [6, 6.07) is 3.97. The second-order valence-electron chi connectivity index (χ2n) is 3.48. The summed E-state index contributed by atoms with van der Waals surface area (Å²) in [5.74, 6) is 1.45. The van der Waals surface area contributed by atoms with Crippen LogP contribution >= 0.6 is 15.9 Å². The lowest BCUT2D eigenvalue weighted by Crippen LogP contribution is -2.18. The van der Waals surface area contributed by atoms with Crippen LogP contribution in [0.2, 0.25) is 0 Å². The summed E-state index contributed by atoms with van der Waals surface area (Å²) in [6.45, 7) is 1.98. The van der Waals surface area contributed by atoms with Gasteiger partial charge in [-0.25, -0.2) is 0 Å². The van der Waals surface area contributed by atoms with E-state index in [1.54, 1.807) is 14.2 Å². The summed E-state index contributed by atoms with van der Waals surface area (Å²) >= 11 is 3.49. The van der Waals surface area contributed by atoms with Crippen LogP contribution in [0, 0.1) is 0 Å². The Bertz CT molecular complexity index is 340. The number of hydrogen-bond acceptors (Lipinski definition) is 3. The van der Waals surface area contributed by atoms with Crippen molar-refractivity contribution in [1.29, 1.82) is 0 Å². The van der Waals surface area contributed by atoms with Gasteiger partial charge in [0.25, 0.3) is 0 Å². The van der Waals surface area contributed by atoms with Crippen molar-refractivity contribution in [2.24, 2.45) is 5.73 Å². The van der Waals surface area contributed by atoms with Crippen LogP contribution in [0.15, 0.2) is 16.6 Å². The first-order valence-electron chi connectivity index (χ1n) is 4.74. The zero-order chi connectivity index (χ0) is 11.4. The Balaban J connectivity index is 3.08. The summed E-state index contributed by atoms with van der Waals surface area (Å²) in [5.41, 5.74) is 6.89. The van der Waals surface area contributed by atoms with Gasteiger partial charge in [0, 0.05) is 10.5 Å². The molecular weight excluding hydrogens is 258 g/mol. The first kappa shape index (κ1) is 12.3. The van der Waals surface area contributed by atoms with Gasteiger partial charge >= 0.3 is 0 Å². The summed E-state index contributed by atoms with van der Waals surface area (Å²) in [4.78, 5) is 0. The number of rotatable bonds is 4. The van der Waals surface area contributed by atoms with E-state index in [1.165, 1.54) is 0 Å². The number of benzene rings is 1. The van der Waals surface area contributed by atoms with Crippen LogP contribution < -0.4 is 15.2 Å². The number of hydrogen-bond donors (Lipinski definition) is 1. The maximum absolute atomic E-state index is 5.76. The Morgan fingerprint density at radius 1 is 1.27 bits per heavy atom. The largest absolute Gasteiger partial charge is 0.493 e. The third-order valence-corrected chi connectivity index (χ3v) is 2.83. The normalized spacial score (nSPS) is 12.3. The minimum absolute atomic E-state index is 0.124. The number of halogens is 1. The molecule has 1 aromatic carbocycles. The van der Waals surface area contributed by atoms with Gasteiger partial charge in [-0.1, -0.05) is 15.9 Å². The molecule has 0 radical (unpaired) electrons. The fourth-order valence-electron chi connectivity index (χ4n) is 1.40. The van der Waals surface area contributed by atoms with Crippen molar-refractivity contribution >= 4 is 15.9 Å². The van der Waals surface area contributed by atoms with Gasteiger partial charge in [-0.05, 0) is 31.0 Å². The van der Waals surface area contributed by atoms with Crippen molar-refractivity contribution in [2.45, 2.75) is 19.4 Å². The van der Waals surface area contributed by atoms with E-state index in [4.69, 9.17) is 15.2 Å². The molecule has 2 N–H and O–H groups in total. The van der Waals surface area contributed by atoms with Gasteiger partial charge in [-0.15, -0.1) is 0 Å². The molecule has 0 heterocycles. The van der Waals surface area contributed by atoms with Crippen LogP contribution in [0.5, 0.6) is 11.5 Å². The second-order valence-corrected chi connectivity index (χ2v) is 4.33. The third kappa shape index (κ3) is 3.11. The molecule has 0 saturated carbocycles. The van der Waals surface area contributed by atoms with Gasteiger partial charge in [0.1, 0.15) is 0 Å². The maximum Gasteiger partial charge on any atom is 0.161 e. The molecule has 4 heteroatoms. The molecule has 0 aromatic heterocycles. The number of ether oxygens (including phenoxy) is 2. The Labute approximate surface area is 98.7 Å². The van der Waals surface area contributed by atoms with Gasteiger partial charge in [0.15, 0.2) is 11.5 Å².